The predicted molar refractivity (Wildman–Crippen MR) is 118 cm³/mol. The Kier molecular flexibility index (Phi) is 34.3. The predicted octanol–water partition coefficient (Wildman–Crippen LogP) is 4.45. The number of unbranched alkanes of at least 4 members (excludes halogenated alkanes) is 9. The fourth-order valence-electron chi connectivity index (χ4n) is 2.47. The maximum Gasteiger partial charge on any atom is 2.00 e. The number of carbonyl (C=O) groups excluding carboxylic acids is 1. The average Bonchev–Trinajstić information content (AvgIpc) is 3.20. The fourth-order valence-corrected chi connectivity index (χ4v) is 2.97. The van der Waals surface area contributed by atoms with Gasteiger partial charge in [0.15, 0.2) is 0 Å². The van der Waals surface area contributed by atoms with Crippen LogP contribution in [-0.2, 0) is 16.8 Å². The van der Waals surface area contributed by atoms with E-state index in [-0.39, 0.29) is 16.8 Å². The number of nitrogens with one attached hydrogen (secondary N) is 1. The molecule has 167 valence electrons. The number of aryl methyl sites for hydroxylation is 1. The molecule has 2 heterocycles. The number of H-pyrrole nitrogens is 1. The number of rotatable bonds is 10. The molecule has 0 fully saturated rings. The third kappa shape index (κ3) is 37.9. The summed E-state index contributed by atoms with van der Waals surface area (Å²) >= 11 is 1.41. The van der Waals surface area contributed by atoms with Crippen molar-refractivity contribution in [3.05, 3.63) is 54.6 Å². The van der Waals surface area contributed by atoms with Crippen LogP contribution in [0.1, 0.15) is 76.8 Å². The van der Waals surface area contributed by atoms with E-state index in [2.05, 4.69) is 16.9 Å². The van der Waals surface area contributed by atoms with Crippen molar-refractivity contribution in [2.75, 3.05) is 0 Å². The number of pyridine rings is 1. The van der Waals surface area contributed by atoms with Gasteiger partial charge in [-0.1, -0.05) is 6.07 Å². The minimum Gasteiger partial charge on any atom is -0.652 e. The van der Waals surface area contributed by atoms with Crippen LogP contribution in [0.5, 0.6) is 0 Å². The second kappa shape index (κ2) is 30.4. The van der Waals surface area contributed by atoms with Gasteiger partial charge >= 0.3 is 120 Å². The quantitative estimate of drug-likeness (QED) is 0.409. The average molecular weight is 471 g/mol. The molecule has 0 saturated heterocycles. The van der Waals surface area contributed by atoms with Crippen LogP contribution in [0.4, 0.5) is 4.79 Å². The number of aromatic amines is 1. The van der Waals surface area contributed by atoms with Gasteiger partial charge in [0.2, 0.25) is 0 Å². The van der Waals surface area contributed by atoms with Gasteiger partial charge in [-0.2, -0.15) is 0 Å². The van der Waals surface area contributed by atoms with Crippen LogP contribution in [0.2, 0.25) is 3.67 Å². The summed E-state index contributed by atoms with van der Waals surface area (Å²) < 4.78 is 1.51. The molecule has 0 aromatic carbocycles. The molecular formula is C23H37CoN2NaO3. The van der Waals surface area contributed by atoms with Gasteiger partial charge in [0.25, 0.3) is 0 Å². The Balaban J connectivity index is -0.000000357. The van der Waals surface area contributed by atoms with Gasteiger partial charge in [0.1, 0.15) is 0 Å². The molecule has 2 aromatic heterocycles. The van der Waals surface area contributed by atoms with E-state index >= 15 is 0 Å². The first-order valence-electron chi connectivity index (χ1n) is 10.9. The van der Waals surface area contributed by atoms with Crippen molar-refractivity contribution < 1.29 is 31.8 Å². The van der Waals surface area contributed by atoms with Gasteiger partial charge in [0.05, 0.1) is 0 Å². The molecule has 0 aliphatic heterocycles. The molecule has 7 heteroatoms. The molecule has 0 atom stereocenters. The molecule has 0 amide bonds. The Morgan fingerprint density at radius 1 is 0.900 bits per heavy atom. The maximum atomic E-state index is 8.33. The van der Waals surface area contributed by atoms with Crippen LogP contribution in [0, 0.1) is 6.92 Å². The molecule has 0 spiro atoms. The summed E-state index contributed by atoms with van der Waals surface area (Å²) in [6.45, 7) is 4.31. The second-order valence-corrected chi connectivity index (χ2v) is 7.81. The van der Waals surface area contributed by atoms with Gasteiger partial charge in [-0.3, -0.25) is 4.98 Å². The normalized spacial score (nSPS) is 8.80. The Bertz CT molecular complexity index is 488. The summed E-state index contributed by atoms with van der Waals surface area (Å²) in [5.74, 6) is 0. The molecule has 0 aliphatic rings. The van der Waals surface area contributed by atoms with Crippen molar-refractivity contribution in [1.82, 2.24) is 9.97 Å². The first-order chi connectivity index (χ1) is 14.0. The van der Waals surface area contributed by atoms with Crippen LogP contribution >= 0.6 is 0 Å². The van der Waals surface area contributed by atoms with E-state index in [1.165, 1.54) is 102 Å². The van der Waals surface area contributed by atoms with Gasteiger partial charge in [0, 0.05) is 24.3 Å². The molecule has 1 N–H and O–H groups in total. The van der Waals surface area contributed by atoms with Gasteiger partial charge in [-0.05, 0) is 37.3 Å². The largest absolute Gasteiger partial charge is 2.00 e. The number of carbonyl (C=O) groups is 1. The van der Waals surface area contributed by atoms with Gasteiger partial charge in [-0.25, -0.2) is 0 Å². The van der Waals surface area contributed by atoms with E-state index in [1.807, 2.05) is 43.5 Å². The molecule has 1 radical (unpaired) electrons. The number of aromatic nitrogens is 2. The molecule has 0 bridgehead atoms. The van der Waals surface area contributed by atoms with E-state index in [4.69, 9.17) is 15.0 Å². The fraction of sp³-hybridized carbons (Fsp3) is 0.565. The smallest absolute Gasteiger partial charge is 0.652 e. The Morgan fingerprint density at radius 3 is 1.60 bits per heavy atom. The summed E-state index contributed by atoms with van der Waals surface area (Å²) in [5.41, 5.74) is 1.22. The Hall–Kier alpha value is -0.794. The third-order valence-electron chi connectivity index (χ3n) is 4.03. The SMILES string of the molecule is CCCCCCCCCCC[CH2][Na].Cc1ccc[nH]1.O=C([O-])[O-].[Co+2].c1ccncc1. The van der Waals surface area contributed by atoms with E-state index in [0.717, 1.165) is 0 Å². The number of hydrogen-bond acceptors (Lipinski definition) is 4. The topological polar surface area (TPSA) is 91.9 Å². The Labute approximate surface area is 211 Å². The third-order valence-corrected chi connectivity index (χ3v) is 4.73. The van der Waals surface area contributed by atoms with Crippen molar-refractivity contribution in [3.8, 4) is 0 Å². The van der Waals surface area contributed by atoms with E-state index in [9.17, 15) is 0 Å². The van der Waals surface area contributed by atoms with E-state index in [0.29, 0.717) is 0 Å². The summed E-state index contributed by atoms with van der Waals surface area (Å²) in [4.78, 5) is 15.1. The summed E-state index contributed by atoms with van der Waals surface area (Å²) in [6, 6.07) is 9.72. The molecule has 0 unspecified atom stereocenters. The van der Waals surface area contributed by atoms with Crippen LogP contribution in [0.25, 0.3) is 0 Å². The van der Waals surface area contributed by atoms with Crippen LogP contribution < -0.4 is 10.2 Å². The zero-order valence-corrected chi connectivity index (χ0v) is 21.9. The van der Waals surface area contributed by atoms with Crippen molar-refractivity contribution in [2.24, 2.45) is 0 Å². The zero-order valence-electron chi connectivity index (χ0n) is 18.9. The standard InChI is InChI=1S/C12H25.C5H7N.C5H5N.CH2O3.Co.Na/c1-3-5-7-9-11-12-10-8-6-4-2;1-5-3-2-4-6-5;1-2-4-6-5-3-1;2-1(3)4;;/h1,3-12H2,2H3;2-4,6H,1H3;1-5H;(H2,2,3,4);;/q;;;;+2;/p-2. The molecule has 2 rings (SSSR count). The maximum absolute atomic E-state index is 8.33. The van der Waals surface area contributed by atoms with Crippen molar-refractivity contribution in [3.63, 3.8) is 0 Å². The first-order valence-corrected chi connectivity index (χ1v) is 12.3. The first kappa shape index (κ1) is 33.8. The van der Waals surface area contributed by atoms with Crippen molar-refractivity contribution in [1.29, 1.82) is 0 Å². The molecule has 5 nitrogen and oxygen atoms in total. The molecule has 0 saturated carbocycles. The number of carboxylic acid groups (broad SMARTS) is 2. The van der Waals surface area contributed by atoms with Crippen LogP contribution in [-0.4, -0.2) is 44.1 Å². The molecule has 2 aromatic rings. The monoisotopic (exact) mass is 471 g/mol. The van der Waals surface area contributed by atoms with Crippen LogP contribution in [0.3, 0.4) is 0 Å². The number of nitrogens with zero attached hydrogens (tertiary/aromatic N) is 1. The summed E-state index contributed by atoms with van der Waals surface area (Å²) in [6.07, 6.45) is 17.8. The van der Waals surface area contributed by atoms with Gasteiger partial charge in [-0.15, -0.1) is 0 Å². The summed E-state index contributed by atoms with van der Waals surface area (Å²) in [5, 5.41) is 16.7. The minimum atomic E-state index is -2.33. The van der Waals surface area contributed by atoms with Crippen molar-refractivity contribution in [2.45, 2.75) is 81.7 Å². The van der Waals surface area contributed by atoms with E-state index in [1.54, 1.807) is 12.4 Å². The second-order valence-electron chi connectivity index (χ2n) is 6.81. The van der Waals surface area contributed by atoms with Crippen LogP contribution in [0.15, 0.2) is 48.9 Å². The molecule has 30 heavy (non-hydrogen) atoms. The number of hydrogen-bond donors (Lipinski definition) is 1. The molecule has 0 aliphatic carbocycles. The minimum absolute atomic E-state index is 0. The molecular weight excluding hydrogens is 434 g/mol. The van der Waals surface area contributed by atoms with E-state index < -0.39 is 6.16 Å². The van der Waals surface area contributed by atoms with Gasteiger partial charge < -0.3 is 20.0 Å². The Morgan fingerprint density at radius 2 is 1.37 bits per heavy atom. The zero-order chi connectivity index (χ0) is 22.0. The van der Waals surface area contributed by atoms with Crippen molar-refractivity contribution >= 4 is 34.1 Å². The summed E-state index contributed by atoms with van der Waals surface area (Å²) in [7, 11) is 0.